The van der Waals surface area contributed by atoms with Gasteiger partial charge in [0.05, 0.1) is 11.0 Å². The van der Waals surface area contributed by atoms with Crippen molar-refractivity contribution in [3.63, 3.8) is 0 Å². The van der Waals surface area contributed by atoms with Crippen molar-refractivity contribution in [3.8, 4) is 0 Å². The zero-order chi connectivity index (χ0) is 14.0. The second-order valence-electron chi connectivity index (χ2n) is 3.76. The molecule has 9 heteroatoms. The van der Waals surface area contributed by atoms with Crippen LogP contribution < -0.4 is 5.73 Å². The number of rotatable bonds is 4. The van der Waals surface area contributed by atoms with Crippen LogP contribution in [0.2, 0.25) is 0 Å². The Bertz CT molecular complexity index is 630. The Morgan fingerprint density at radius 1 is 1.47 bits per heavy atom. The molecule has 0 saturated carbocycles. The molecule has 0 aliphatic carbocycles. The van der Waals surface area contributed by atoms with E-state index in [0.717, 1.165) is 6.07 Å². The number of nitro groups is 1. The Morgan fingerprint density at radius 2 is 2.21 bits per heavy atom. The summed E-state index contributed by atoms with van der Waals surface area (Å²) < 4.78 is 14.8. The predicted octanol–water partition coefficient (Wildman–Crippen LogP) is 1.74. The third-order valence-electron chi connectivity index (χ3n) is 2.39. The molecular formula is C10H10FN5O2S. The second kappa shape index (κ2) is 5.22. The molecule has 1 aromatic carbocycles. The van der Waals surface area contributed by atoms with Gasteiger partial charge in [-0.05, 0) is 11.6 Å². The van der Waals surface area contributed by atoms with Crippen LogP contribution in [0.3, 0.4) is 0 Å². The van der Waals surface area contributed by atoms with Gasteiger partial charge in [-0.2, -0.15) is 0 Å². The quantitative estimate of drug-likeness (QED) is 0.521. The normalized spacial score (nSPS) is 10.6. The van der Waals surface area contributed by atoms with Gasteiger partial charge in [0.1, 0.15) is 5.82 Å². The molecule has 7 nitrogen and oxygen atoms in total. The van der Waals surface area contributed by atoms with Gasteiger partial charge in [0.25, 0.3) is 5.69 Å². The zero-order valence-corrected chi connectivity index (χ0v) is 10.7. The summed E-state index contributed by atoms with van der Waals surface area (Å²) >= 11 is 1.27. The number of anilines is 1. The van der Waals surface area contributed by atoms with Crippen molar-refractivity contribution in [2.24, 2.45) is 7.05 Å². The van der Waals surface area contributed by atoms with Gasteiger partial charge in [-0.3, -0.25) is 14.7 Å². The molecule has 0 radical (unpaired) electrons. The van der Waals surface area contributed by atoms with Crippen LogP contribution in [0.1, 0.15) is 5.56 Å². The van der Waals surface area contributed by atoms with Crippen molar-refractivity contribution in [1.29, 1.82) is 0 Å². The molecule has 1 aromatic heterocycles. The highest BCUT2D eigenvalue weighted by atomic mass is 32.2. The average Bonchev–Trinajstić information content (AvgIpc) is 2.67. The average molecular weight is 283 g/mol. The van der Waals surface area contributed by atoms with Gasteiger partial charge in [-0.25, -0.2) is 4.39 Å². The lowest BCUT2D eigenvalue weighted by Crippen LogP contribution is -1.98. The minimum atomic E-state index is -0.637. The zero-order valence-electron chi connectivity index (χ0n) is 9.91. The molecule has 0 aliphatic heterocycles. The number of non-ortho nitro benzene ring substituents is 1. The summed E-state index contributed by atoms with van der Waals surface area (Å²) in [6, 6.07) is 3.46. The van der Waals surface area contributed by atoms with Gasteiger partial charge >= 0.3 is 0 Å². The lowest BCUT2D eigenvalue weighted by Gasteiger charge is -2.02. The molecule has 1 heterocycles. The summed E-state index contributed by atoms with van der Waals surface area (Å²) in [5.41, 5.74) is 5.75. The summed E-state index contributed by atoms with van der Waals surface area (Å²) in [6.07, 6.45) is 0. The monoisotopic (exact) mass is 283 g/mol. The van der Waals surface area contributed by atoms with E-state index in [4.69, 9.17) is 5.73 Å². The molecule has 2 N–H and O–H groups in total. The lowest BCUT2D eigenvalue weighted by molar-refractivity contribution is -0.385. The highest BCUT2D eigenvalue weighted by Crippen LogP contribution is 2.24. The van der Waals surface area contributed by atoms with E-state index in [9.17, 15) is 14.5 Å². The van der Waals surface area contributed by atoms with Gasteiger partial charge in [-0.1, -0.05) is 11.8 Å². The molecule has 100 valence electrons. The van der Waals surface area contributed by atoms with Gasteiger partial charge in [0.2, 0.25) is 5.95 Å². The van der Waals surface area contributed by atoms with Crippen molar-refractivity contribution in [3.05, 3.63) is 39.7 Å². The van der Waals surface area contributed by atoms with E-state index in [1.54, 1.807) is 11.6 Å². The molecule has 2 aromatic rings. The summed E-state index contributed by atoms with van der Waals surface area (Å²) in [5, 5.41) is 18.7. The maximum Gasteiger partial charge on any atom is 0.272 e. The molecule has 0 fully saturated rings. The first-order chi connectivity index (χ1) is 8.97. The molecule has 0 bridgehead atoms. The second-order valence-corrected chi connectivity index (χ2v) is 4.71. The number of halogens is 1. The van der Waals surface area contributed by atoms with Crippen LogP contribution >= 0.6 is 11.8 Å². The number of hydrogen-bond acceptors (Lipinski definition) is 6. The minimum Gasteiger partial charge on any atom is -0.368 e. The van der Waals surface area contributed by atoms with Crippen LogP contribution in [-0.4, -0.2) is 19.7 Å². The van der Waals surface area contributed by atoms with E-state index in [1.807, 2.05) is 0 Å². The minimum absolute atomic E-state index is 0.270. The van der Waals surface area contributed by atoms with Crippen LogP contribution in [0.4, 0.5) is 16.0 Å². The molecule has 2 rings (SSSR count). The summed E-state index contributed by atoms with van der Waals surface area (Å²) in [6.45, 7) is 0. The first-order valence-corrected chi connectivity index (χ1v) is 6.17. The van der Waals surface area contributed by atoms with Gasteiger partial charge in [0.15, 0.2) is 5.16 Å². The molecule has 19 heavy (non-hydrogen) atoms. The number of nitro benzene ring substituents is 1. The standard InChI is InChI=1S/C10H10FN5O2S/c1-15-9(12)13-14-10(15)19-5-6-2-7(11)4-8(3-6)16(17)18/h2-4H,5H2,1H3,(H2,12,13). The first kappa shape index (κ1) is 13.3. The van der Waals surface area contributed by atoms with Gasteiger partial charge < -0.3 is 5.73 Å². The van der Waals surface area contributed by atoms with E-state index in [1.165, 1.54) is 23.9 Å². The number of aromatic nitrogens is 3. The molecule has 0 aliphatic rings. The van der Waals surface area contributed by atoms with Crippen molar-refractivity contribution in [2.75, 3.05) is 5.73 Å². The number of benzene rings is 1. The van der Waals surface area contributed by atoms with Crippen LogP contribution in [0.5, 0.6) is 0 Å². The molecule has 0 atom stereocenters. The van der Waals surface area contributed by atoms with Crippen molar-refractivity contribution < 1.29 is 9.31 Å². The fourth-order valence-corrected chi connectivity index (χ4v) is 2.27. The largest absolute Gasteiger partial charge is 0.368 e. The third-order valence-corrected chi connectivity index (χ3v) is 3.48. The molecule has 0 amide bonds. The third kappa shape index (κ3) is 2.99. The maximum atomic E-state index is 13.2. The predicted molar refractivity (Wildman–Crippen MR) is 68.0 cm³/mol. The highest BCUT2D eigenvalue weighted by Gasteiger charge is 2.11. The summed E-state index contributed by atoms with van der Waals surface area (Å²) in [5.74, 6) is -0.0279. The van der Waals surface area contributed by atoms with E-state index < -0.39 is 10.7 Å². The fraction of sp³-hybridized carbons (Fsp3) is 0.200. The topological polar surface area (TPSA) is 99.9 Å². The van der Waals surface area contributed by atoms with E-state index in [0.29, 0.717) is 16.5 Å². The highest BCUT2D eigenvalue weighted by molar-refractivity contribution is 7.98. The van der Waals surface area contributed by atoms with E-state index >= 15 is 0 Å². The molecule has 0 spiro atoms. The van der Waals surface area contributed by atoms with Gasteiger partial charge in [0, 0.05) is 18.9 Å². The lowest BCUT2D eigenvalue weighted by atomic mass is 10.2. The van der Waals surface area contributed by atoms with Crippen LogP contribution in [0.15, 0.2) is 23.4 Å². The van der Waals surface area contributed by atoms with E-state index in [2.05, 4.69) is 10.2 Å². The Labute approximate surface area is 111 Å². The Hall–Kier alpha value is -2.16. The SMILES string of the molecule is Cn1c(N)nnc1SCc1cc(F)cc([N+](=O)[O-])c1. The van der Waals surface area contributed by atoms with Crippen LogP contribution in [0, 0.1) is 15.9 Å². The van der Waals surface area contributed by atoms with E-state index in [-0.39, 0.29) is 11.6 Å². The number of hydrogen-bond donors (Lipinski definition) is 1. The maximum absolute atomic E-state index is 13.2. The number of thioether (sulfide) groups is 1. The number of nitrogens with two attached hydrogens (primary N) is 1. The van der Waals surface area contributed by atoms with Gasteiger partial charge in [-0.15, -0.1) is 10.2 Å². The molecule has 0 saturated heterocycles. The smallest absolute Gasteiger partial charge is 0.272 e. The van der Waals surface area contributed by atoms with Crippen molar-refractivity contribution in [2.45, 2.75) is 10.9 Å². The van der Waals surface area contributed by atoms with Crippen molar-refractivity contribution >= 4 is 23.4 Å². The Balaban J connectivity index is 2.15. The number of nitrogens with zero attached hydrogens (tertiary/aromatic N) is 4. The molecule has 0 unspecified atom stereocenters. The Morgan fingerprint density at radius 3 is 2.79 bits per heavy atom. The Kier molecular flexibility index (Phi) is 3.65. The summed E-state index contributed by atoms with van der Waals surface area (Å²) in [7, 11) is 1.70. The fourth-order valence-electron chi connectivity index (χ4n) is 1.42. The summed E-state index contributed by atoms with van der Waals surface area (Å²) in [4.78, 5) is 10.00. The van der Waals surface area contributed by atoms with Crippen molar-refractivity contribution in [1.82, 2.24) is 14.8 Å². The van der Waals surface area contributed by atoms with Crippen LogP contribution in [-0.2, 0) is 12.8 Å². The number of nitrogen functional groups attached to an aromatic ring is 1. The first-order valence-electron chi connectivity index (χ1n) is 5.19. The van der Waals surface area contributed by atoms with Crippen LogP contribution in [0.25, 0.3) is 0 Å². The molecular weight excluding hydrogens is 273 g/mol.